The molecule has 1 unspecified atom stereocenters. The average Bonchev–Trinajstić information content (AvgIpc) is 3.10. The molecular weight excluding hydrogens is 356 g/mol. The van der Waals surface area contributed by atoms with Crippen LogP contribution in [0.2, 0.25) is 0 Å². The largest absolute Gasteiger partial charge is 0.350 e. The molecule has 7 heteroatoms. The molecule has 0 saturated heterocycles. The summed E-state index contributed by atoms with van der Waals surface area (Å²) in [4.78, 5) is 12.1. The number of thiophene rings is 1. The topological polar surface area (TPSA) is 66.5 Å². The number of sulfonamides is 1. The van der Waals surface area contributed by atoms with E-state index in [1.54, 1.807) is 24.6 Å². The minimum absolute atomic E-state index is 0.0688. The van der Waals surface area contributed by atoms with Crippen LogP contribution in [-0.2, 0) is 14.8 Å². The zero-order valence-electron chi connectivity index (χ0n) is 14.7. The van der Waals surface area contributed by atoms with Gasteiger partial charge in [-0.1, -0.05) is 35.9 Å². The molecule has 1 N–H and O–H groups in total. The summed E-state index contributed by atoms with van der Waals surface area (Å²) in [5.41, 5.74) is 2.23. The Kier molecular flexibility index (Phi) is 6.75. The van der Waals surface area contributed by atoms with E-state index in [0.717, 1.165) is 5.56 Å². The van der Waals surface area contributed by atoms with Gasteiger partial charge in [0.05, 0.1) is 6.04 Å². The van der Waals surface area contributed by atoms with Crippen LogP contribution in [0.4, 0.5) is 0 Å². The number of carbonyl (C=O) groups excluding carboxylic acids is 1. The van der Waals surface area contributed by atoms with Crippen LogP contribution in [0.15, 0.2) is 46.0 Å². The Morgan fingerprint density at radius 1 is 1.24 bits per heavy atom. The second kappa shape index (κ2) is 8.60. The van der Waals surface area contributed by atoms with Crippen LogP contribution in [0, 0.1) is 6.92 Å². The van der Waals surface area contributed by atoms with Gasteiger partial charge in [0.2, 0.25) is 5.91 Å². The van der Waals surface area contributed by atoms with Crippen molar-refractivity contribution in [1.29, 1.82) is 0 Å². The van der Waals surface area contributed by atoms with E-state index in [2.05, 4.69) is 5.32 Å². The molecule has 0 fully saturated rings. The van der Waals surface area contributed by atoms with Crippen LogP contribution in [0.1, 0.15) is 36.9 Å². The normalized spacial score (nSPS) is 13.0. The lowest BCUT2D eigenvalue weighted by molar-refractivity contribution is -0.121. The van der Waals surface area contributed by atoms with E-state index in [-0.39, 0.29) is 11.9 Å². The summed E-state index contributed by atoms with van der Waals surface area (Å²) >= 11 is 1.20. The minimum Gasteiger partial charge on any atom is -0.350 e. The van der Waals surface area contributed by atoms with Crippen molar-refractivity contribution in [3.63, 3.8) is 0 Å². The first kappa shape index (κ1) is 19.6. The fourth-order valence-corrected chi connectivity index (χ4v) is 4.81. The van der Waals surface area contributed by atoms with Gasteiger partial charge in [0.25, 0.3) is 10.0 Å². The predicted octanol–water partition coefficient (Wildman–Crippen LogP) is 3.33. The summed E-state index contributed by atoms with van der Waals surface area (Å²) in [5, 5.41) is 4.69. The molecule has 1 heterocycles. The molecule has 1 amide bonds. The molecule has 0 aliphatic heterocycles. The van der Waals surface area contributed by atoms with Gasteiger partial charge in [-0.2, -0.15) is 0 Å². The van der Waals surface area contributed by atoms with Gasteiger partial charge in [-0.25, -0.2) is 12.7 Å². The Morgan fingerprint density at radius 3 is 2.52 bits per heavy atom. The van der Waals surface area contributed by atoms with Gasteiger partial charge in [-0.15, -0.1) is 11.3 Å². The van der Waals surface area contributed by atoms with Gasteiger partial charge >= 0.3 is 0 Å². The number of benzene rings is 1. The molecule has 25 heavy (non-hydrogen) atoms. The standard InChI is InChI=1S/C18H24N2O3S2/c1-14-8-10-16(11-9-14)15(2)19-17(21)6-4-12-20(3)25(22,23)18-7-5-13-24-18/h5,7-11,13,15H,4,6,12H2,1-3H3,(H,19,21). The SMILES string of the molecule is Cc1ccc(C(C)NC(=O)CCCN(C)S(=O)(=O)c2cccs2)cc1. The van der Waals surface area contributed by atoms with Crippen molar-refractivity contribution in [3.05, 3.63) is 52.9 Å². The smallest absolute Gasteiger partial charge is 0.252 e. The number of nitrogens with zero attached hydrogens (tertiary/aromatic N) is 1. The van der Waals surface area contributed by atoms with Crippen molar-refractivity contribution in [2.75, 3.05) is 13.6 Å². The molecule has 0 spiro atoms. The highest BCUT2D eigenvalue weighted by molar-refractivity contribution is 7.91. The first-order valence-corrected chi connectivity index (χ1v) is 10.5. The number of nitrogens with one attached hydrogen (secondary N) is 1. The monoisotopic (exact) mass is 380 g/mol. The lowest BCUT2D eigenvalue weighted by Crippen LogP contribution is -2.30. The van der Waals surface area contributed by atoms with Crippen molar-refractivity contribution in [3.8, 4) is 0 Å². The van der Waals surface area contributed by atoms with Crippen molar-refractivity contribution in [1.82, 2.24) is 9.62 Å². The summed E-state index contributed by atoms with van der Waals surface area (Å²) in [6.45, 7) is 4.27. The number of amides is 1. The van der Waals surface area contributed by atoms with Crippen LogP contribution >= 0.6 is 11.3 Å². The molecular formula is C18H24N2O3S2. The van der Waals surface area contributed by atoms with E-state index in [4.69, 9.17) is 0 Å². The molecule has 0 aliphatic carbocycles. The maximum Gasteiger partial charge on any atom is 0.252 e. The number of carbonyl (C=O) groups is 1. The highest BCUT2D eigenvalue weighted by Gasteiger charge is 2.21. The van der Waals surface area contributed by atoms with Gasteiger partial charge < -0.3 is 5.32 Å². The van der Waals surface area contributed by atoms with E-state index in [9.17, 15) is 13.2 Å². The summed E-state index contributed by atoms with van der Waals surface area (Å²) < 4.78 is 26.2. The van der Waals surface area contributed by atoms with Crippen LogP contribution in [0.25, 0.3) is 0 Å². The number of rotatable bonds is 8. The minimum atomic E-state index is -3.44. The second-order valence-corrected chi connectivity index (χ2v) is 9.28. The molecule has 0 radical (unpaired) electrons. The molecule has 1 atom stereocenters. The summed E-state index contributed by atoms with van der Waals surface area (Å²) in [7, 11) is -1.90. The van der Waals surface area contributed by atoms with Crippen molar-refractivity contribution in [2.45, 2.75) is 36.9 Å². The molecule has 1 aromatic carbocycles. The van der Waals surface area contributed by atoms with Gasteiger partial charge in [-0.05, 0) is 37.3 Å². The Balaban J connectivity index is 1.79. The van der Waals surface area contributed by atoms with Gasteiger partial charge in [0.15, 0.2) is 0 Å². The Bertz CT molecular complexity index is 784. The Hall–Kier alpha value is -1.70. The average molecular weight is 381 g/mol. The molecule has 0 aliphatic rings. The third-order valence-corrected chi connectivity index (χ3v) is 7.22. The summed E-state index contributed by atoms with van der Waals surface area (Å²) in [6, 6.07) is 11.3. The zero-order chi connectivity index (χ0) is 18.4. The zero-order valence-corrected chi connectivity index (χ0v) is 16.4. The second-order valence-electron chi connectivity index (χ2n) is 6.06. The van der Waals surface area contributed by atoms with Crippen LogP contribution < -0.4 is 5.32 Å². The lowest BCUT2D eigenvalue weighted by atomic mass is 10.1. The molecule has 136 valence electrons. The van der Waals surface area contributed by atoms with Crippen LogP contribution in [0.3, 0.4) is 0 Å². The van der Waals surface area contributed by atoms with Crippen molar-refractivity contribution in [2.24, 2.45) is 0 Å². The lowest BCUT2D eigenvalue weighted by Gasteiger charge is -2.17. The van der Waals surface area contributed by atoms with E-state index in [1.165, 1.54) is 21.2 Å². The number of aryl methyl sites for hydroxylation is 1. The van der Waals surface area contributed by atoms with Gasteiger partial charge in [-0.3, -0.25) is 4.79 Å². The summed E-state index contributed by atoms with van der Waals surface area (Å²) in [5.74, 6) is -0.0741. The molecule has 2 rings (SSSR count). The Labute approximate surface area is 153 Å². The quantitative estimate of drug-likeness (QED) is 0.764. The molecule has 1 aromatic heterocycles. The van der Waals surface area contributed by atoms with E-state index in [0.29, 0.717) is 23.6 Å². The number of hydrogen-bond acceptors (Lipinski definition) is 4. The first-order chi connectivity index (χ1) is 11.8. The highest BCUT2D eigenvalue weighted by atomic mass is 32.2. The third kappa shape index (κ3) is 5.39. The van der Waals surface area contributed by atoms with Gasteiger partial charge in [0.1, 0.15) is 4.21 Å². The van der Waals surface area contributed by atoms with Crippen LogP contribution in [0.5, 0.6) is 0 Å². The van der Waals surface area contributed by atoms with E-state index in [1.807, 2.05) is 38.1 Å². The fraction of sp³-hybridized carbons (Fsp3) is 0.389. The number of hydrogen-bond donors (Lipinski definition) is 1. The maximum absolute atomic E-state index is 12.3. The Morgan fingerprint density at radius 2 is 1.92 bits per heavy atom. The van der Waals surface area contributed by atoms with E-state index < -0.39 is 10.0 Å². The van der Waals surface area contributed by atoms with Crippen LogP contribution in [-0.4, -0.2) is 32.2 Å². The maximum atomic E-state index is 12.3. The van der Waals surface area contributed by atoms with Crippen molar-refractivity contribution >= 4 is 27.3 Å². The third-order valence-electron chi connectivity index (χ3n) is 3.99. The molecule has 5 nitrogen and oxygen atoms in total. The van der Waals surface area contributed by atoms with Gasteiger partial charge in [0, 0.05) is 20.0 Å². The van der Waals surface area contributed by atoms with Crippen molar-refractivity contribution < 1.29 is 13.2 Å². The van der Waals surface area contributed by atoms with E-state index >= 15 is 0 Å². The highest BCUT2D eigenvalue weighted by Crippen LogP contribution is 2.20. The predicted molar refractivity (Wildman–Crippen MR) is 101 cm³/mol. The fourth-order valence-electron chi connectivity index (χ4n) is 2.40. The first-order valence-electron chi connectivity index (χ1n) is 8.16. The molecule has 2 aromatic rings. The molecule has 0 bridgehead atoms. The molecule has 0 saturated carbocycles. The summed E-state index contributed by atoms with van der Waals surface area (Å²) in [6.07, 6.45) is 0.772.